The lowest BCUT2D eigenvalue weighted by Crippen LogP contribution is -1.84. The van der Waals surface area contributed by atoms with E-state index in [1.807, 2.05) is 0 Å². The first-order valence-electron chi connectivity index (χ1n) is 4.12. The van der Waals surface area contributed by atoms with Gasteiger partial charge in [-0.15, -0.1) is 11.5 Å². The van der Waals surface area contributed by atoms with Crippen molar-refractivity contribution in [1.29, 1.82) is 0 Å². The van der Waals surface area contributed by atoms with Gasteiger partial charge in [0, 0.05) is 0 Å². The highest BCUT2D eigenvalue weighted by atomic mass is 19.2. The molecule has 68 valence electrons. The van der Waals surface area contributed by atoms with Gasteiger partial charge in [0.25, 0.3) is 0 Å². The summed E-state index contributed by atoms with van der Waals surface area (Å²) in [5.74, 6) is -1.78. The zero-order chi connectivity index (χ0) is 9.97. The molecule has 2 rings (SSSR count). The van der Waals surface area contributed by atoms with E-state index in [0.717, 1.165) is 0 Å². The monoisotopic (exact) mass is 188 g/mol. The highest BCUT2D eigenvalue weighted by molar-refractivity contribution is 5.50. The quantitative estimate of drug-likeness (QED) is 0.582. The van der Waals surface area contributed by atoms with Crippen LogP contribution in [0.2, 0.25) is 0 Å². The van der Waals surface area contributed by atoms with Gasteiger partial charge in [-0.3, -0.25) is 0 Å². The van der Waals surface area contributed by atoms with Crippen molar-refractivity contribution in [3.05, 3.63) is 70.7 Å². The van der Waals surface area contributed by atoms with Gasteiger partial charge >= 0.3 is 0 Å². The summed E-state index contributed by atoms with van der Waals surface area (Å²) in [6.07, 6.45) is 9.23. The van der Waals surface area contributed by atoms with Crippen LogP contribution >= 0.6 is 0 Å². The Bertz CT molecular complexity index is 440. The summed E-state index contributed by atoms with van der Waals surface area (Å²) in [6.45, 7) is 0. The van der Waals surface area contributed by atoms with Crippen LogP contribution in [0.25, 0.3) is 0 Å². The molecule has 0 nitrogen and oxygen atoms in total. The van der Waals surface area contributed by atoms with Gasteiger partial charge in [-0.2, -0.15) is 0 Å². The molecule has 0 fully saturated rings. The van der Waals surface area contributed by atoms with Gasteiger partial charge in [-0.25, -0.2) is 8.78 Å². The van der Waals surface area contributed by atoms with Crippen molar-refractivity contribution in [3.8, 4) is 0 Å². The van der Waals surface area contributed by atoms with Crippen LogP contribution in [-0.4, -0.2) is 0 Å². The molecule has 0 amide bonds. The molecule has 0 aromatic heterocycles. The minimum absolute atomic E-state index is 0.136. The number of halogens is 2. The summed E-state index contributed by atoms with van der Waals surface area (Å²) in [5.41, 5.74) is 5.46. The van der Waals surface area contributed by atoms with Crippen molar-refractivity contribution in [2.75, 3.05) is 0 Å². The lowest BCUT2D eigenvalue weighted by atomic mass is 10.2. The van der Waals surface area contributed by atoms with Crippen molar-refractivity contribution >= 4 is 0 Å². The maximum Gasteiger partial charge on any atom is 0.175 e. The average molecular weight is 188 g/mol. The molecule has 2 aliphatic rings. The van der Waals surface area contributed by atoms with Crippen molar-refractivity contribution < 1.29 is 8.78 Å². The Kier molecular flexibility index (Phi) is 2.16. The molecular weight excluding hydrogens is 182 g/mol. The summed E-state index contributed by atoms with van der Waals surface area (Å²) >= 11 is 0. The van der Waals surface area contributed by atoms with Crippen LogP contribution in [0.5, 0.6) is 0 Å². The van der Waals surface area contributed by atoms with Gasteiger partial charge in [0.2, 0.25) is 0 Å². The second-order valence-corrected chi connectivity index (χ2v) is 2.80. The largest absolute Gasteiger partial charge is 0.202 e. The second kappa shape index (κ2) is 3.47. The smallest absolute Gasteiger partial charge is 0.175 e. The molecule has 0 unspecified atom stereocenters. The van der Waals surface area contributed by atoms with Crippen LogP contribution in [0.3, 0.4) is 0 Å². The summed E-state index contributed by atoms with van der Waals surface area (Å²) in [4.78, 5) is 0. The Morgan fingerprint density at radius 1 is 0.857 bits per heavy atom. The second-order valence-electron chi connectivity index (χ2n) is 2.80. The van der Waals surface area contributed by atoms with Gasteiger partial charge in [0.1, 0.15) is 0 Å². The van der Waals surface area contributed by atoms with Crippen LogP contribution in [0, 0.1) is 0 Å². The summed E-state index contributed by atoms with van der Waals surface area (Å²) in [7, 11) is 0. The van der Waals surface area contributed by atoms with E-state index in [-0.39, 0.29) is 11.1 Å². The van der Waals surface area contributed by atoms with Crippen LogP contribution < -0.4 is 0 Å². The predicted molar refractivity (Wildman–Crippen MR) is 50.7 cm³/mol. The Labute approximate surface area is 80.2 Å². The first-order chi connectivity index (χ1) is 6.79. The van der Waals surface area contributed by atoms with Gasteiger partial charge in [0.15, 0.2) is 11.7 Å². The van der Waals surface area contributed by atoms with E-state index in [2.05, 4.69) is 11.5 Å². The van der Waals surface area contributed by atoms with Crippen molar-refractivity contribution in [3.63, 3.8) is 0 Å². The van der Waals surface area contributed by atoms with E-state index >= 15 is 0 Å². The molecule has 0 aromatic rings. The lowest BCUT2D eigenvalue weighted by Gasteiger charge is -1.97. The van der Waals surface area contributed by atoms with Crippen molar-refractivity contribution in [2.24, 2.45) is 0 Å². The highest BCUT2D eigenvalue weighted by Gasteiger charge is 2.13. The van der Waals surface area contributed by atoms with E-state index < -0.39 is 11.7 Å². The first kappa shape index (κ1) is 8.71. The van der Waals surface area contributed by atoms with Gasteiger partial charge in [-0.05, 0) is 24.3 Å². The molecule has 2 aliphatic carbocycles. The normalized spacial score (nSPS) is 18.7. The number of rotatable bonds is 2. The maximum atomic E-state index is 13.4. The average Bonchev–Trinajstić information content (AvgIpc) is 2.87. The van der Waals surface area contributed by atoms with Crippen molar-refractivity contribution in [2.45, 2.75) is 0 Å². The van der Waals surface area contributed by atoms with E-state index in [1.54, 1.807) is 12.2 Å². The zero-order valence-electron chi connectivity index (χ0n) is 7.22. The fourth-order valence-corrected chi connectivity index (χ4v) is 1.17. The fraction of sp³-hybridized carbons (Fsp3) is 0. The predicted octanol–water partition coefficient (Wildman–Crippen LogP) is 3.44. The third-order valence-corrected chi connectivity index (χ3v) is 1.86. The topological polar surface area (TPSA) is 0 Å². The Morgan fingerprint density at radius 2 is 1.29 bits per heavy atom. The minimum Gasteiger partial charge on any atom is -0.202 e. The number of hydrogen-bond acceptors (Lipinski definition) is 0. The first-order valence-corrected chi connectivity index (χ1v) is 4.12. The zero-order valence-corrected chi connectivity index (χ0v) is 7.22. The molecule has 0 aromatic carbocycles. The maximum absolute atomic E-state index is 13.4. The summed E-state index contributed by atoms with van der Waals surface area (Å²) in [6, 6.07) is 0. The van der Waals surface area contributed by atoms with E-state index in [1.165, 1.54) is 24.3 Å². The summed E-state index contributed by atoms with van der Waals surface area (Å²) < 4.78 is 26.8. The van der Waals surface area contributed by atoms with E-state index in [9.17, 15) is 8.78 Å². The SMILES string of the molecule is F/C(C1=C=CC=C1)=C(/F)C1=C=CC=C1. The van der Waals surface area contributed by atoms with E-state index in [0.29, 0.717) is 0 Å². The third kappa shape index (κ3) is 1.45. The molecule has 0 saturated heterocycles. The molecule has 0 aliphatic heterocycles. The third-order valence-electron chi connectivity index (χ3n) is 1.86. The minimum atomic E-state index is -0.891. The standard InChI is InChI=1S/C12H6F2/c13-11(9-5-1-2-6-9)12(14)10-7-3-4-8-10/h1-5,7H/b12-11+. The van der Waals surface area contributed by atoms with Crippen LogP contribution in [-0.2, 0) is 0 Å². The van der Waals surface area contributed by atoms with Gasteiger partial charge in [-0.1, -0.05) is 12.2 Å². The molecule has 0 heterocycles. The van der Waals surface area contributed by atoms with E-state index in [4.69, 9.17) is 0 Å². The Hall–Kier alpha value is -1.88. The fourth-order valence-electron chi connectivity index (χ4n) is 1.17. The lowest BCUT2D eigenvalue weighted by molar-refractivity contribution is 0.562. The van der Waals surface area contributed by atoms with Crippen molar-refractivity contribution in [1.82, 2.24) is 0 Å². The number of hydrogen-bond donors (Lipinski definition) is 0. The molecular formula is C12H6F2. The van der Waals surface area contributed by atoms with Crippen LogP contribution in [0.1, 0.15) is 0 Å². The molecule has 0 spiro atoms. The molecule has 0 bridgehead atoms. The van der Waals surface area contributed by atoms with Crippen LogP contribution in [0.4, 0.5) is 8.78 Å². The molecule has 0 atom stereocenters. The highest BCUT2D eigenvalue weighted by Crippen LogP contribution is 2.26. The number of allylic oxidation sites excluding steroid dienone is 8. The van der Waals surface area contributed by atoms with Gasteiger partial charge in [0.05, 0.1) is 11.1 Å². The molecule has 0 radical (unpaired) electrons. The molecule has 14 heavy (non-hydrogen) atoms. The Morgan fingerprint density at radius 3 is 1.57 bits per heavy atom. The summed E-state index contributed by atoms with van der Waals surface area (Å²) in [5, 5.41) is 0. The molecule has 2 heteroatoms. The molecule has 0 N–H and O–H groups in total. The molecule has 0 saturated carbocycles. The van der Waals surface area contributed by atoms with Gasteiger partial charge < -0.3 is 0 Å². The Balaban J connectivity index is 2.41. The van der Waals surface area contributed by atoms with Crippen LogP contribution in [0.15, 0.2) is 70.7 Å².